The van der Waals surface area contributed by atoms with E-state index in [0.29, 0.717) is 24.2 Å². The molecule has 2 unspecified atom stereocenters. The molecule has 0 radical (unpaired) electrons. The van der Waals surface area contributed by atoms with Crippen LogP contribution in [0.3, 0.4) is 0 Å². The average Bonchev–Trinajstić information content (AvgIpc) is 2.83. The highest BCUT2D eigenvalue weighted by Crippen LogP contribution is 2.39. The first-order valence-electron chi connectivity index (χ1n) is 12.4. The molecular formula is C28H36F2O2. The molecule has 2 fully saturated rings. The molecule has 0 spiro atoms. The summed E-state index contributed by atoms with van der Waals surface area (Å²) in [5.74, 6) is 0.200. The zero-order valence-corrected chi connectivity index (χ0v) is 19.4. The molecule has 0 amide bonds. The van der Waals surface area contributed by atoms with Gasteiger partial charge in [0, 0.05) is 11.5 Å². The highest BCUT2D eigenvalue weighted by Gasteiger charge is 2.32. The van der Waals surface area contributed by atoms with Gasteiger partial charge in [-0.05, 0) is 67.7 Å². The van der Waals surface area contributed by atoms with Crippen molar-refractivity contribution in [3.05, 3.63) is 53.6 Å². The van der Waals surface area contributed by atoms with Gasteiger partial charge in [0.1, 0.15) is 0 Å². The van der Waals surface area contributed by atoms with E-state index < -0.39 is 11.6 Å². The summed E-state index contributed by atoms with van der Waals surface area (Å²) in [6, 6.07) is 10.9. The molecule has 1 aliphatic heterocycles. The van der Waals surface area contributed by atoms with Crippen LogP contribution in [-0.4, -0.2) is 19.3 Å². The third-order valence-corrected chi connectivity index (χ3v) is 7.47. The molecule has 174 valence electrons. The first-order chi connectivity index (χ1) is 15.6. The smallest absolute Gasteiger partial charge is 0.201 e. The summed E-state index contributed by atoms with van der Waals surface area (Å²) in [5, 5.41) is 0. The number of hydrogen-bond donors (Lipinski definition) is 0. The molecule has 2 aromatic carbocycles. The van der Waals surface area contributed by atoms with Crippen molar-refractivity contribution in [2.75, 3.05) is 13.2 Å². The zero-order chi connectivity index (χ0) is 22.5. The number of halogens is 2. The lowest BCUT2D eigenvalue weighted by Gasteiger charge is -2.38. The third kappa shape index (κ3) is 5.17. The molecule has 4 rings (SSSR count). The van der Waals surface area contributed by atoms with E-state index in [0.717, 1.165) is 31.3 Å². The number of hydrogen-bond acceptors (Lipinski definition) is 2. The average molecular weight is 443 g/mol. The van der Waals surface area contributed by atoms with Gasteiger partial charge in [-0.1, -0.05) is 56.9 Å². The van der Waals surface area contributed by atoms with E-state index >= 15 is 0 Å². The maximum Gasteiger partial charge on any atom is 0.201 e. The van der Waals surface area contributed by atoms with Crippen LogP contribution < -0.4 is 4.74 Å². The molecule has 2 aromatic rings. The Kier molecular flexibility index (Phi) is 7.83. The van der Waals surface area contributed by atoms with Crippen LogP contribution in [0.4, 0.5) is 8.78 Å². The lowest BCUT2D eigenvalue weighted by molar-refractivity contribution is -0.0435. The molecule has 1 heterocycles. The molecule has 1 saturated carbocycles. The van der Waals surface area contributed by atoms with E-state index in [2.05, 4.69) is 6.92 Å². The van der Waals surface area contributed by atoms with E-state index in [1.54, 1.807) is 13.0 Å². The third-order valence-electron chi connectivity index (χ3n) is 7.47. The molecule has 1 aliphatic carbocycles. The van der Waals surface area contributed by atoms with Crippen LogP contribution in [0.5, 0.6) is 5.75 Å². The molecule has 2 aliphatic rings. The first-order valence-corrected chi connectivity index (χ1v) is 12.4. The van der Waals surface area contributed by atoms with Crippen LogP contribution in [0.1, 0.15) is 76.7 Å². The summed E-state index contributed by atoms with van der Waals surface area (Å²) in [6.45, 7) is 5.09. The van der Waals surface area contributed by atoms with Gasteiger partial charge in [-0.15, -0.1) is 0 Å². The summed E-state index contributed by atoms with van der Waals surface area (Å²) in [4.78, 5) is 0. The van der Waals surface area contributed by atoms with Gasteiger partial charge in [0.2, 0.25) is 5.82 Å². The van der Waals surface area contributed by atoms with Crippen molar-refractivity contribution in [2.24, 2.45) is 11.8 Å². The van der Waals surface area contributed by atoms with Crippen molar-refractivity contribution in [1.29, 1.82) is 0 Å². The van der Waals surface area contributed by atoms with Crippen molar-refractivity contribution in [1.82, 2.24) is 0 Å². The summed E-state index contributed by atoms with van der Waals surface area (Å²) >= 11 is 0. The van der Waals surface area contributed by atoms with Crippen molar-refractivity contribution < 1.29 is 18.3 Å². The quantitative estimate of drug-likeness (QED) is 0.434. The van der Waals surface area contributed by atoms with Gasteiger partial charge in [0.15, 0.2) is 11.6 Å². The highest BCUT2D eigenvalue weighted by atomic mass is 19.2. The van der Waals surface area contributed by atoms with Crippen molar-refractivity contribution in [3.8, 4) is 16.9 Å². The lowest BCUT2D eigenvalue weighted by Crippen LogP contribution is -2.33. The maximum absolute atomic E-state index is 14.5. The summed E-state index contributed by atoms with van der Waals surface area (Å²) in [5.41, 5.74) is 2.15. The van der Waals surface area contributed by atoms with Crippen molar-refractivity contribution in [3.63, 3.8) is 0 Å². The molecule has 32 heavy (non-hydrogen) atoms. The van der Waals surface area contributed by atoms with Gasteiger partial charge in [-0.2, -0.15) is 4.39 Å². The Bertz CT molecular complexity index is 864. The molecular weight excluding hydrogens is 406 g/mol. The van der Waals surface area contributed by atoms with Gasteiger partial charge in [0.25, 0.3) is 0 Å². The van der Waals surface area contributed by atoms with Gasteiger partial charge in [0.05, 0.1) is 19.3 Å². The Morgan fingerprint density at radius 3 is 2.25 bits per heavy atom. The minimum Gasteiger partial charge on any atom is -0.491 e. The molecule has 2 nitrogen and oxygen atoms in total. The normalized spacial score (nSPS) is 26.1. The molecule has 0 aromatic heterocycles. The Labute approximate surface area is 191 Å². The first kappa shape index (κ1) is 23.2. The molecule has 4 heteroatoms. The SMILES string of the molecule is CCCC1CCC(C2CCC(c3ccc(-c4ccc(OCC)c(F)c4F)cc3)CO2)CC1. The van der Waals surface area contributed by atoms with E-state index in [1.807, 2.05) is 24.3 Å². The minimum atomic E-state index is -0.927. The van der Waals surface area contributed by atoms with Gasteiger partial charge < -0.3 is 9.47 Å². The Hall–Kier alpha value is -1.94. The molecule has 0 N–H and O–H groups in total. The Morgan fingerprint density at radius 2 is 1.62 bits per heavy atom. The molecule has 2 atom stereocenters. The van der Waals surface area contributed by atoms with E-state index in [4.69, 9.17) is 9.47 Å². The summed E-state index contributed by atoms with van der Waals surface area (Å²) in [7, 11) is 0. The summed E-state index contributed by atoms with van der Waals surface area (Å²) < 4.78 is 40.3. The fourth-order valence-electron chi connectivity index (χ4n) is 5.62. The predicted molar refractivity (Wildman–Crippen MR) is 125 cm³/mol. The fourth-order valence-corrected chi connectivity index (χ4v) is 5.62. The van der Waals surface area contributed by atoms with Crippen LogP contribution in [0.15, 0.2) is 36.4 Å². The number of rotatable bonds is 7. The van der Waals surface area contributed by atoms with Crippen LogP contribution in [0.2, 0.25) is 0 Å². The van der Waals surface area contributed by atoms with Gasteiger partial charge in [-0.25, -0.2) is 4.39 Å². The van der Waals surface area contributed by atoms with E-state index in [1.165, 1.54) is 50.2 Å². The molecule has 1 saturated heterocycles. The second kappa shape index (κ2) is 10.8. The topological polar surface area (TPSA) is 18.5 Å². The standard InChI is InChI=1S/C28H36F2O2/c1-3-5-19-6-8-22(9-7-19)25-16-14-23(18-32-25)20-10-12-21(13-11-20)24-15-17-26(31-4-2)28(30)27(24)29/h10-13,15,17,19,22-23,25H,3-9,14,16,18H2,1-2H3. The van der Waals surface area contributed by atoms with Crippen LogP contribution in [-0.2, 0) is 4.74 Å². The van der Waals surface area contributed by atoms with Crippen LogP contribution in [0.25, 0.3) is 11.1 Å². The van der Waals surface area contributed by atoms with E-state index in [9.17, 15) is 8.78 Å². The highest BCUT2D eigenvalue weighted by molar-refractivity contribution is 5.65. The second-order valence-electron chi connectivity index (χ2n) is 9.51. The van der Waals surface area contributed by atoms with Crippen molar-refractivity contribution in [2.45, 2.75) is 77.2 Å². The largest absolute Gasteiger partial charge is 0.491 e. The Morgan fingerprint density at radius 1 is 0.875 bits per heavy atom. The second-order valence-corrected chi connectivity index (χ2v) is 9.51. The zero-order valence-electron chi connectivity index (χ0n) is 19.4. The molecule has 0 bridgehead atoms. The number of ether oxygens (including phenoxy) is 2. The van der Waals surface area contributed by atoms with Crippen LogP contribution in [0, 0.1) is 23.5 Å². The monoisotopic (exact) mass is 442 g/mol. The minimum absolute atomic E-state index is 0.0434. The predicted octanol–water partition coefficient (Wildman–Crippen LogP) is 7.90. The fraction of sp³-hybridized carbons (Fsp3) is 0.571. The number of benzene rings is 2. The van der Waals surface area contributed by atoms with Gasteiger partial charge >= 0.3 is 0 Å². The van der Waals surface area contributed by atoms with Crippen molar-refractivity contribution >= 4 is 0 Å². The maximum atomic E-state index is 14.5. The lowest BCUT2D eigenvalue weighted by atomic mass is 9.75. The van der Waals surface area contributed by atoms with E-state index in [-0.39, 0.29) is 11.3 Å². The van der Waals surface area contributed by atoms with Crippen LogP contribution >= 0.6 is 0 Å². The summed E-state index contributed by atoms with van der Waals surface area (Å²) in [6.07, 6.45) is 10.7. The van der Waals surface area contributed by atoms with Gasteiger partial charge in [-0.3, -0.25) is 0 Å². The Balaban J connectivity index is 1.34.